The molecule has 2 aliphatic rings. The van der Waals surface area contributed by atoms with Crippen molar-refractivity contribution >= 4 is 131 Å². The molecule has 2 heterocycles. The summed E-state index contributed by atoms with van der Waals surface area (Å²) in [5, 5.41) is 9.17. The topological polar surface area (TPSA) is 261 Å². The van der Waals surface area contributed by atoms with Gasteiger partial charge in [0.2, 0.25) is 5.69 Å². The Morgan fingerprint density at radius 3 is 1.94 bits per heavy atom. The van der Waals surface area contributed by atoms with Crippen molar-refractivity contribution < 1.29 is 66.4 Å². The van der Waals surface area contributed by atoms with Crippen molar-refractivity contribution in [1.29, 1.82) is 0 Å². The predicted molar refractivity (Wildman–Crippen MR) is 262 cm³/mol. The fraction of sp³-hybridized carbons (Fsp3) is 0.436. The van der Waals surface area contributed by atoms with Gasteiger partial charge in [0.1, 0.15) is 0 Å². The first-order valence-electron chi connectivity index (χ1n) is 19.1. The van der Waals surface area contributed by atoms with E-state index in [-0.39, 0.29) is 44.3 Å². The lowest BCUT2D eigenvalue weighted by atomic mass is 9.75. The standard InChI is InChI=1S/C39H47I3N2O14S4/c1-38(19-11-12-22-59(47,48)49)28-24-27(62(56,57)58)17-18-30(28)44(26-61(53,54)55)32(38)14-7-4-3-5-8-15-33-39(2,20-10-6-9-16-34(45)46)35-31(25-29(40)36(41)37(35)42)43(33)21-13-23-60(50,51)52/h3-5,7-8,14-15,17-18,24-25H,6,9-13,16,19-23,26H2,1-2H3,(H4-,45,46,47,48,49,50,51,52,53,54,55,56,57,58)/p+1. The molecule has 0 spiro atoms. The van der Waals surface area contributed by atoms with Gasteiger partial charge in [-0.05, 0) is 138 Å². The molecule has 4 rings (SSSR count). The summed E-state index contributed by atoms with van der Waals surface area (Å²) in [6.45, 7) is 4.09. The number of carbonyl (C=O) groups is 1. The highest BCUT2D eigenvalue weighted by molar-refractivity contribution is 14.1. The van der Waals surface area contributed by atoms with Gasteiger partial charge in [-0.3, -0.25) is 23.0 Å². The number of benzene rings is 2. The average Bonchev–Trinajstić information content (AvgIpc) is 3.49. The van der Waals surface area contributed by atoms with E-state index in [1.807, 2.05) is 12.2 Å². The van der Waals surface area contributed by atoms with Gasteiger partial charge in [0.05, 0.1) is 21.8 Å². The fourth-order valence-corrected chi connectivity index (χ4v) is 12.8. The smallest absolute Gasteiger partial charge is 0.326 e. The second kappa shape index (κ2) is 21.2. The molecule has 0 saturated heterocycles. The summed E-state index contributed by atoms with van der Waals surface area (Å²) < 4.78 is 138. The van der Waals surface area contributed by atoms with Crippen molar-refractivity contribution in [2.75, 3.05) is 28.8 Å². The van der Waals surface area contributed by atoms with Crippen LogP contribution >= 0.6 is 67.8 Å². The molecule has 16 nitrogen and oxygen atoms in total. The summed E-state index contributed by atoms with van der Waals surface area (Å²) in [6, 6.07) is 5.67. The van der Waals surface area contributed by atoms with Gasteiger partial charge in [0.15, 0.2) is 5.71 Å². The van der Waals surface area contributed by atoms with Gasteiger partial charge < -0.3 is 10.0 Å². The zero-order valence-corrected chi connectivity index (χ0v) is 43.4. The molecule has 2 aromatic carbocycles. The number of allylic oxidation sites excluding steroid dienone is 8. The maximum Gasteiger partial charge on any atom is 0.326 e. The third-order valence-electron chi connectivity index (χ3n) is 10.8. The number of nitrogens with zero attached hydrogens (tertiary/aromatic N) is 2. The molecule has 0 radical (unpaired) electrons. The number of anilines is 1. The minimum absolute atomic E-state index is 0.0294. The van der Waals surface area contributed by atoms with Crippen LogP contribution in [0.3, 0.4) is 0 Å². The third kappa shape index (κ3) is 13.8. The molecular weight excluding hydrogens is 1230 g/mol. The van der Waals surface area contributed by atoms with Crippen molar-refractivity contribution in [1.82, 2.24) is 0 Å². The quantitative estimate of drug-likeness (QED) is 0.0189. The molecule has 2 aliphatic heterocycles. The van der Waals surface area contributed by atoms with Crippen LogP contribution < -0.4 is 4.90 Å². The van der Waals surface area contributed by atoms with Gasteiger partial charge in [-0.2, -0.15) is 38.2 Å². The minimum atomic E-state index is -4.69. The maximum atomic E-state index is 12.3. The predicted octanol–water partition coefficient (Wildman–Crippen LogP) is 7.65. The van der Waals surface area contributed by atoms with Crippen LogP contribution in [0.1, 0.15) is 82.8 Å². The number of halogens is 3. The van der Waals surface area contributed by atoms with Crippen LogP contribution in [0.4, 0.5) is 11.4 Å². The normalized spacial score (nSPS) is 20.4. The molecule has 5 N–H and O–H groups in total. The summed E-state index contributed by atoms with van der Waals surface area (Å²) in [5.41, 5.74) is 2.01. The first-order chi connectivity index (χ1) is 28.6. The van der Waals surface area contributed by atoms with Gasteiger partial charge >= 0.3 is 16.1 Å². The molecule has 2 aromatic rings. The summed E-state index contributed by atoms with van der Waals surface area (Å²) in [6.07, 6.45) is 15.2. The van der Waals surface area contributed by atoms with Crippen LogP contribution in [0.2, 0.25) is 0 Å². The second-order valence-corrected chi connectivity index (χ2v) is 24.7. The number of carboxylic acids is 1. The molecule has 62 heavy (non-hydrogen) atoms. The first-order valence-corrected chi connectivity index (χ1v) is 28.6. The van der Waals surface area contributed by atoms with Gasteiger partial charge in [0.25, 0.3) is 36.2 Å². The Morgan fingerprint density at radius 2 is 1.32 bits per heavy atom. The first kappa shape index (κ1) is 52.8. The van der Waals surface area contributed by atoms with E-state index in [4.69, 9.17) is 0 Å². The number of rotatable bonds is 22. The van der Waals surface area contributed by atoms with Crippen LogP contribution in [-0.4, -0.2) is 97.2 Å². The Hall–Kier alpha value is -1.83. The molecule has 0 bridgehead atoms. The Kier molecular flexibility index (Phi) is 18.1. The lowest BCUT2D eigenvalue weighted by molar-refractivity contribution is -0.416. The van der Waals surface area contributed by atoms with E-state index in [9.17, 15) is 61.8 Å². The van der Waals surface area contributed by atoms with E-state index in [2.05, 4.69) is 85.7 Å². The Bertz CT molecular complexity index is 2680. The number of unbranched alkanes of at least 4 members (excludes halogenated alkanes) is 3. The van der Waals surface area contributed by atoms with Gasteiger partial charge in [-0.15, -0.1) is 0 Å². The summed E-state index contributed by atoms with van der Waals surface area (Å²) in [7, 11) is -17.8. The average molecular weight is 1280 g/mol. The van der Waals surface area contributed by atoms with Crippen LogP contribution in [0.5, 0.6) is 0 Å². The highest BCUT2D eigenvalue weighted by atomic mass is 127. The summed E-state index contributed by atoms with van der Waals surface area (Å²) >= 11 is 6.90. The van der Waals surface area contributed by atoms with E-state index in [1.165, 1.54) is 16.7 Å². The van der Waals surface area contributed by atoms with E-state index in [0.29, 0.717) is 30.5 Å². The molecule has 2 atom stereocenters. The third-order valence-corrected chi connectivity index (χ3v) is 18.9. The number of aliphatic carboxylic acids is 1. The van der Waals surface area contributed by atoms with Crippen molar-refractivity contribution in [2.45, 2.75) is 87.4 Å². The Balaban J connectivity index is 1.74. The van der Waals surface area contributed by atoms with Crippen LogP contribution in [0, 0.1) is 10.7 Å². The van der Waals surface area contributed by atoms with E-state index in [0.717, 1.165) is 40.1 Å². The van der Waals surface area contributed by atoms with Gasteiger partial charge in [0, 0.05) is 63.7 Å². The van der Waals surface area contributed by atoms with Crippen molar-refractivity contribution in [3.63, 3.8) is 0 Å². The fourth-order valence-electron chi connectivity index (χ4n) is 7.99. The van der Waals surface area contributed by atoms with E-state index >= 15 is 0 Å². The Morgan fingerprint density at radius 1 is 0.726 bits per heavy atom. The lowest BCUT2D eigenvalue weighted by Gasteiger charge is -2.31. The second-order valence-electron chi connectivity index (χ2n) is 15.4. The van der Waals surface area contributed by atoms with Gasteiger partial charge in [-0.25, -0.2) is 0 Å². The molecule has 2 unspecified atom stereocenters. The number of fused-ring (bicyclic) bond motifs is 2. The highest BCUT2D eigenvalue weighted by Crippen LogP contribution is 2.54. The van der Waals surface area contributed by atoms with Crippen LogP contribution in [0.25, 0.3) is 0 Å². The zero-order chi connectivity index (χ0) is 46.5. The SMILES string of the molecule is CC1(CCCCS(=O)(=O)O)C(C=CC=CC=CC=C2N(CCCS(=O)(=O)O)c3cc(I)c(I)c(I)c3C2(C)CCCCCC(=O)O)=[N+](CS(=O)(=O)O)c2ccc(S(=O)(=O)O)cc21. The molecular formula is C39H48I3N2O14S4+. The minimum Gasteiger partial charge on any atom is -0.481 e. The van der Waals surface area contributed by atoms with Crippen molar-refractivity contribution in [3.8, 4) is 0 Å². The van der Waals surface area contributed by atoms with Crippen LogP contribution in [-0.2, 0) is 56.1 Å². The molecule has 0 fully saturated rings. The largest absolute Gasteiger partial charge is 0.481 e. The molecule has 0 aromatic heterocycles. The zero-order valence-electron chi connectivity index (χ0n) is 33.6. The molecule has 23 heteroatoms. The molecule has 0 saturated carbocycles. The number of hydrogen-bond donors (Lipinski definition) is 5. The summed E-state index contributed by atoms with van der Waals surface area (Å²) in [5.74, 6) is -2.73. The monoisotopic (exact) mass is 1280 g/mol. The van der Waals surface area contributed by atoms with Gasteiger partial charge in [-0.1, -0.05) is 49.6 Å². The number of carboxylic acid groups (broad SMARTS) is 1. The summed E-state index contributed by atoms with van der Waals surface area (Å²) in [4.78, 5) is 12.8. The van der Waals surface area contributed by atoms with E-state index < -0.39 is 79.5 Å². The van der Waals surface area contributed by atoms with E-state index in [1.54, 1.807) is 37.3 Å². The Labute approximate surface area is 404 Å². The maximum absolute atomic E-state index is 12.3. The number of hydrogen-bond acceptors (Lipinski definition) is 10. The van der Waals surface area contributed by atoms with Crippen molar-refractivity contribution in [3.05, 3.63) is 94.3 Å². The van der Waals surface area contributed by atoms with Crippen molar-refractivity contribution in [2.24, 2.45) is 0 Å². The molecule has 0 amide bonds. The lowest BCUT2D eigenvalue weighted by Crippen LogP contribution is -2.32. The van der Waals surface area contributed by atoms with Crippen LogP contribution in [0.15, 0.2) is 77.4 Å². The highest BCUT2D eigenvalue weighted by Gasteiger charge is 2.49. The molecule has 0 aliphatic carbocycles. The molecule has 342 valence electrons.